The molecule has 0 radical (unpaired) electrons. The summed E-state index contributed by atoms with van der Waals surface area (Å²) in [7, 11) is 1.73. The van der Waals surface area contributed by atoms with E-state index in [0.717, 1.165) is 16.5 Å². The van der Waals surface area contributed by atoms with E-state index in [1.807, 2.05) is 42.5 Å². The van der Waals surface area contributed by atoms with Gasteiger partial charge in [0.2, 0.25) is 0 Å². The van der Waals surface area contributed by atoms with Crippen molar-refractivity contribution in [1.82, 2.24) is 5.43 Å². The summed E-state index contributed by atoms with van der Waals surface area (Å²) in [5.74, 6) is 0.913. The number of para-hydroxylation sites is 1. The molecule has 1 N–H and O–H groups in total. The van der Waals surface area contributed by atoms with Crippen molar-refractivity contribution in [2.75, 3.05) is 0 Å². The van der Waals surface area contributed by atoms with Crippen LogP contribution >= 0.6 is 8.95 Å². The molecule has 0 amide bonds. The first kappa shape index (κ1) is 16.4. The minimum atomic E-state index is -2.81. The van der Waals surface area contributed by atoms with Crippen LogP contribution in [0.3, 0.4) is 0 Å². The van der Waals surface area contributed by atoms with Gasteiger partial charge in [0.05, 0.1) is 0 Å². The molecule has 0 saturated heterocycles. The first-order valence-electron chi connectivity index (χ1n) is 7.47. The van der Waals surface area contributed by atoms with Crippen molar-refractivity contribution in [3.05, 3.63) is 65.7 Å². The van der Waals surface area contributed by atoms with Crippen molar-refractivity contribution in [3.63, 3.8) is 0 Å². The number of benzene rings is 2. The average molecular weight is 432 g/mol. The monoisotopic (exact) mass is 433 g/mol. The molecule has 4 nitrogen and oxygen atoms in total. The Morgan fingerprint density at radius 1 is 1.09 bits per heavy atom. The molecule has 1 heterocycles. The molecule has 118 valence electrons. The number of hydrogen-bond acceptors (Lipinski definition) is 4. The van der Waals surface area contributed by atoms with Crippen LogP contribution in [0.1, 0.15) is 11.1 Å². The Balaban J connectivity index is 1.82. The van der Waals surface area contributed by atoms with Gasteiger partial charge < -0.3 is 0 Å². The molecular weight excluding hydrogens is 413 g/mol. The van der Waals surface area contributed by atoms with Gasteiger partial charge in [-0.3, -0.25) is 0 Å². The molecule has 0 atom stereocenters. The third-order valence-corrected chi connectivity index (χ3v) is 12.6. The van der Waals surface area contributed by atoms with Crippen LogP contribution < -0.4 is 8.50 Å². The first-order valence-corrected chi connectivity index (χ1v) is 18.7. The predicted octanol–water partition coefficient (Wildman–Crippen LogP) is 3.99. The predicted molar refractivity (Wildman–Crippen MR) is 100 cm³/mol. The van der Waals surface area contributed by atoms with Gasteiger partial charge in [-0.25, -0.2) is 0 Å². The summed E-state index contributed by atoms with van der Waals surface area (Å²) in [5.41, 5.74) is 5.26. The zero-order valence-electron chi connectivity index (χ0n) is 13.2. The summed E-state index contributed by atoms with van der Waals surface area (Å²) in [6.07, 6.45) is 1.79. The molecule has 2 aromatic rings. The Hall–Kier alpha value is -1.47. The normalized spacial score (nSPS) is 19.5. The van der Waals surface area contributed by atoms with E-state index in [2.05, 4.69) is 37.5 Å². The number of hydrogen-bond donors (Lipinski definition) is 1. The molecule has 1 aliphatic heterocycles. The molecule has 3 rings (SSSR count). The average Bonchev–Trinajstić information content (AvgIpc) is 2.60. The molecule has 0 fully saturated rings. The Labute approximate surface area is 143 Å². The van der Waals surface area contributed by atoms with Crippen LogP contribution in [0.25, 0.3) is 0 Å². The van der Waals surface area contributed by atoms with Gasteiger partial charge in [-0.2, -0.15) is 0 Å². The summed E-state index contributed by atoms with van der Waals surface area (Å²) < 4.78 is 6.35. The summed E-state index contributed by atoms with van der Waals surface area (Å²) >= 11 is -2.81. The van der Waals surface area contributed by atoms with E-state index < -0.39 is 17.4 Å². The van der Waals surface area contributed by atoms with Gasteiger partial charge in [-0.1, -0.05) is 0 Å². The van der Waals surface area contributed by atoms with Crippen molar-refractivity contribution in [3.8, 4) is 5.75 Å². The van der Waals surface area contributed by atoms with Crippen LogP contribution in [0.5, 0.6) is 5.75 Å². The number of fused-ring (bicyclic) bond motifs is 1. The molecule has 1 aliphatic rings. The molecular formula is C17H19N3OSSn. The van der Waals surface area contributed by atoms with Crippen molar-refractivity contribution >= 4 is 37.7 Å². The molecule has 6 heteroatoms. The molecule has 0 aromatic heterocycles. The van der Waals surface area contributed by atoms with Gasteiger partial charge in [-0.15, -0.1) is 0 Å². The fourth-order valence-electron chi connectivity index (χ4n) is 2.19. The maximum absolute atomic E-state index is 6.35. The maximum atomic E-state index is 6.35. The summed E-state index contributed by atoms with van der Waals surface area (Å²) in [4.78, 5) is 9.16. The van der Waals surface area contributed by atoms with Crippen LogP contribution in [0.4, 0.5) is 0 Å². The van der Waals surface area contributed by atoms with E-state index >= 15 is 0 Å². The van der Waals surface area contributed by atoms with Gasteiger partial charge in [-0.05, 0) is 0 Å². The first-order chi connectivity index (χ1) is 11.1. The van der Waals surface area contributed by atoms with Gasteiger partial charge in [0.1, 0.15) is 0 Å². The molecule has 0 saturated carbocycles. The summed E-state index contributed by atoms with van der Waals surface area (Å²) in [5, 5.41) is 5.15. The third kappa shape index (κ3) is 4.75. The Morgan fingerprint density at radius 2 is 1.83 bits per heavy atom. The fourth-order valence-corrected chi connectivity index (χ4v) is 10.9. The van der Waals surface area contributed by atoms with Crippen LogP contribution in [0.2, 0.25) is 9.88 Å². The molecule has 23 heavy (non-hydrogen) atoms. The van der Waals surface area contributed by atoms with Crippen LogP contribution in [-0.4, -0.2) is 28.8 Å². The summed E-state index contributed by atoms with van der Waals surface area (Å²) in [6.45, 7) is 0.639. The standard InChI is InChI=1S/C15H15N3OS.2CH3.Sn/c19-14-9-5-4-8-13(14)11-17-18-15(20)16-10-12-6-2-1-3-7-12;;;/h1-9,11,19H,10H2,(H2,16,18,20);2*1H3;/q;;;+2/p-2/b17-11+;;;. The number of nitrogens with zero attached hydrogens (tertiary/aromatic N) is 2. The molecule has 0 spiro atoms. The second kappa shape index (κ2) is 7.40. The number of nitrogens with one attached hydrogen (secondary N) is 1. The number of rotatable bonds is 2. The number of aliphatic imine (C=N–C) groups is 1. The van der Waals surface area contributed by atoms with E-state index in [9.17, 15) is 0 Å². The molecule has 2 aromatic carbocycles. The summed E-state index contributed by atoms with van der Waals surface area (Å²) in [6, 6.07) is 18.2. The van der Waals surface area contributed by atoms with Crippen molar-refractivity contribution in [1.29, 1.82) is 0 Å². The molecule has 0 bridgehead atoms. The van der Waals surface area contributed by atoms with E-state index in [1.165, 1.54) is 5.56 Å². The SMILES string of the molecule is [CH3][Sn]1([CH3])[O]c2ccccc2/C=N/NC(=NCc2ccccc2)[S]1. The third-order valence-electron chi connectivity index (χ3n) is 3.23. The van der Waals surface area contributed by atoms with Gasteiger partial charge in [0, 0.05) is 0 Å². The fraction of sp³-hybridized carbons (Fsp3) is 0.176. The zero-order valence-corrected chi connectivity index (χ0v) is 16.9. The Kier molecular flexibility index (Phi) is 5.27. The minimum absolute atomic E-state index is 0.639. The Bertz CT molecular complexity index is 732. The van der Waals surface area contributed by atoms with E-state index in [1.54, 1.807) is 15.2 Å². The van der Waals surface area contributed by atoms with E-state index in [0.29, 0.717) is 6.54 Å². The van der Waals surface area contributed by atoms with Crippen molar-refractivity contribution in [2.45, 2.75) is 16.4 Å². The van der Waals surface area contributed by atoms with Crippen LogP contribution in [0, 0.1) is 0 Å². The topological polar surface area (TPSA) is 46.0 Å². The molecule has 0 aliphatic carbocycles. The van der Waals surface area contributed by atoms with Crippen LogP contribution in [0.15, 0.2) is 64.7 Å². The van der Waals surface area contributed by atoms with Gasteiger partial charge in [0.15, 0.2) is 0 Å². The quantitative estimate of drug-likeness (QED) is 0.731. The van der Waals surface area contributed by atoms with Gasteiger partial charge in [0.25, 0.3) is 0 Å². The molecule has 0 unspecified atom stereocenters. The number of hydrazone groups is 1. The van der Waals surface area contributed by atoms with E-state index in [4.69, 9.17) is 3.07 Å². The number of amidine groups is 1. The zero-order chi connectivity index (χ0) is 16.1. The van der Waals surface area contributed by atoms with E-state index in [-0.39, 0.29) is 0 Å². The van der Waals surface area contributed by atoms with Gasteiger partial charge >= 0.3 is 144 Å². The Morgan fingerprint density at radius 3 is 2.65 bits per heavy atom. The van der Waals surface area contributed by atoms with Crippen molar-refractivity contribution in [2.24, 2.45) is 10.1 Å². The second-order valence-corrected chi connectivity index (χ2v) is 23.1. The van der Waals surface area contributed by atoms with Crippen molar-refractivity contribution < 1.29 is 3.07 Å². The van der Waals surface area contributed by atoms with Crippen LogP contribution in [-0.2, 0) is 6.54 Å². The second-order valence-electron chi connectivity index (χ2n) is 5.62.